The Morgan fingerprint density at radius 1 is 0.842 bits per heavy atom. The molecule has 1 aromatic heterocycles. The van der Waals surface area contributed by atoms with Gasteiger partial charge in [0.1, 0.15) is 5.02 Å². The maximum atomic E-state index is 10.0. The number of hydrogen-bond acceptors (Lipinski definition) is 1. The van der Waals surface area contributed by atoms with E-state index in [0.29, 0.717) is 31.9 Å². The van der Waals surface area contributed by atoms with Crippen LogP contribution in [-0.2, 0) is 0 Å². The minimum atomic E-state index is -0.172. The lowest BCUT2D eigenvalue weighted by Gasteiger charge is -2.04. The van der Waals surface area contributed by atoms with Gasteiger partial charge in [-0.2, -0.15) is 0 Å². The molecule has 2 aromatic carbocycles. The van der Waals surface area contributed by atoms with Crippen molar-refractivity contribution >= 4 is 79.8 Å². The zero-order chi connectivity index (χ0) is 13.9. The number of phenolic OH excluding ortho intramolecular Hbond substituents is 1. The molecule has 1 heterocycles. The number of hydrogen-bond donors (Lipinski definition) is 2. The van der Waals surface area contributed by atoms with Gasteiger partial charge in [-0.05, 0) is 12.1 Å². The summed E-state index contributed by atoms with van der Waals surface area (Å²) < 4.78 is 0. The van der Waals surface area contributed by atoms with E-state index in [1.165, 1.54) is 0 Å². The summed E-state index contributed by atoms with van der Waals surface area (Å²) in [5, 5.41) is 12.4. The maximum absolute atomic E-state index is 10.0. The van der Waals surface area contributed by atoms with Crippen molar-refractivity contribution in [2.24, 2.45) is 0 Å². The number of aromatic hydroxyl groups is 1. The lowest BCUT2D eigenvalue weighted by atomic mass is 10.1. The summed E-state index contributed by atoms with van der Waals surface area (Å²) in [5.74, 6) is -0.172. The smallest absolute Gasteiger partial charge is 0.160 e. The van der Waals surface area contributed by atoms with Gasteiger partial charge >= 0.3 is 0 Å². The molecule has 0 atom stereocenters. The van der Waals surface area contributed by atoms with E-state index in [-0.39, 0.29) is 20.8 Å². The molecule has 98 valence electrons. The van der Waals surface area contributed by atoms with Crippen molar-refractivity contribution in [1.29, 1.82) is 0 Å². The summed E-state index contributed by atoms with van der Waals surface area (Å²) in [4.78, 5) is 2.98. The average Bonchev–Trinajstić information content (AvgIpc) is 2.73. The van der Waals surface area contributed by atoms with Crippen LogP contribution in [0.1, 0.15) is 0 Å². The molecular weight excluding hydrogens is 351 g/mol. The molecule has 0 fully saturated rings. The molecule has 2 N–H and O–H groups in total. The van der Waals surface area contributed by atoms with E-state index in [1.54, 1.807) is 12.1 Å². The Balaban J connectivity index is 2.67. The van der Waals surface area contributed by atoms with Gasteiger partial charge in [0.05, 0.1) is 26.1 Å². The lowest BCUT2D eigenvalue weighted by molar-refractivity contribution is 0.481. The maximum Gasteiger partial charge on any atom is 0.160 e. The molecule has 0 amide bonds. The zero-order valence-electron chi connectivity index (χ0n) is 8.99. The second kappa shape index (κ2) is 4.51. The summed E-state index contributed by atoms with van der Waals surface area (Å²) in [5.41, 5.74) is 0.982. The van der Waals surface area contributed by atoms with E-state index in [0.717, 1.165) is 0 Å². The number of halogens is 5. The summed E-state index contributed by atoms with van der Waals surface area (Å²) >= 11 is 30.2. The van der Waals surface area contributed by atoms with Crippen molar-refractivity contribution < 1.29 is 5.11 Å². The number of benzene rings is 2. The second-order valence-corrected chi connectivity index (χ2v) is 5.95. The summed E-state index contributed by atoms with van der Waals surface area (Å²) in [6, 6.07) is 3.28. The highest BCUT2D eigenvalue weighted by atomic mass is 35.5. The number of phenols is 1. The summed E-state index contributed by atoms with van der Waals surface area (Å²) in [6.45, 7) is 0. The third-order valence-electron chi connectivity index (χ3n) is 2.87. The average molecular weight is 355 g/mol. The summed E-state index contributed by atoms with van der Waals surface area (Å²) in [6.07, 6.45) is 0. The molecule has 3 rings (SSSR count). The number of rotatable bonds is 0. The largest absolute Gasteiger partial charge is 0.504 e. The van der Waals surface area contributed by atoms with Crippen molar-refractivity contribution in [3.63, 3.8) is 0 Å². The number of fused-ring (bicyclic) bond motifs is 3. The first kappa shape index (κ1) is 13.5. The van der Waals surface area contributed by atoms with Crippen LogP contribution in [0.2, 0.25) is 25.1 Å². The van der Waals surface area contributed by atoms with Crippen LogP contribution >= 0.6 is 58.0 Å². The molecule has 3 aromatic rings. The predicted molar refractivity (Wildman–Crippen MR) is 82.5 cm³/mol. The third-order valence-corrected chi connectivity index (χ3v) is 4.71. The fraction of sp³-hybridized carbons (Fsp3) is 0. The fourth-order valence-corrected chi connectivity index (χ4v) is 3.30. The zero-order valence-corrected chi connectivity index (χ0v) is 12.8. The minimum Gasteiger partial charge on any atom is -0.504 e. The van der Waals surface area contributed by atoms with Gasteiger partial charge in [0, 0.05) is 15.8 Å². The third kappa shape index (κ3) is 1.86. The predicted octanol–water partition coefficient (Wildman–Crippen LogP) is 6.29. The van der Waals surface area contributed by atoms with Gasteiger partial charge in [0.25, 0.3) is 0 Å². The van der Waals surface area contributed by atoms with Crippen LogP contribution in [0.15, 0.2) is 12.1 Å². The van der Waals surface area contributed by atoms with E-state index in [9.17, 15) is 5.11 Å². The molecule has 0 aliphatic heterocycles. The monoisotopic (exact) mass is 353 g/mol. The Bertz CT molecular complexity index is 840. The van der Waals surface area contributed by atoms with Crippen LogP contribution in [-0.4, -0.2) is 10.1 Å². The van der Waals surface area contributed by atoms with E-state index < -0.39 is 0 Å². The van der Waals surface area contributed by atoms with Crippen LogP contribution in [0.3, 0.4) is 0 Å². The standard InChI is InChI=1S/C12H4Cl5NO/c13-3-1-4-6-7(15)8(16)9(17)12(19)11(6)18-10(4)5(14)2-3/h1-2,18-19H. The molecule has 2 nitrogen and oxygen atoms in total. The highest BCUT2D eigenvalue weighted by Crippen LogP contribution is 2.47. The SMILES string of the molecule is Oc1c(Cl)c(Cl)c(Cl)c2c1[nH]c1c(Cl)cc(Cl)cc12. The van der Waals surface area contributed by atoms with Gasteiger partial charge in [-0.1, -0.05) is 58.0 Å². The van der Waals surface area contributed by atoms with Crippen LogP contribution in [0.5, 0.6) is 5.75 Å². The molecule has 0 saturated carbocycles. The molecule has 19 heavy (non-hydrogen) atoms. The van der Waals surface area contributed by atoms with E-state index in [4.69, 9.17) is 58.0 Å². The summed E-state index contributed by atoms with van der Waals surface area (Å²) in [7, 11) is 0. The number of aromatic amines is 1. The Morgan fingerprint density at radius 2 is 1.53 bits per heavy atom. The van der Waals surface area contributed by atoms with Gasteiger partial charge in [-0.3, -0.25) is 0 Å². The van der Waals surface area contributed by atoms with Crippen LogP contribution < -0.4 is 0 Å². The Morgan fingerprint density at radius 3 is 2.21 bits per heavy atom. The number of aromatic nitrogens is 1. The Hall–Kier alpha value is -0.510. The first-order chi connectivity index (χ1) is 8.91. The molecule has 0 unspecified atom stereocenters. The molecule has 0 bridgehead atoms. The van der Waals surface area contributed by atoms with Gasteiger partial charge < -0.3 is 10.1 Å². The van der Waals surface area contributed by atoms with E-state index >= 15 is 0 Å². The van der Waals surface area contributed by atoms with E-state index in [2.05, 4.69) is 4.98 Å². The van der Waals surface area contributed by atoms with E-state index in [1.807, 2.05) is 0 Å². The molecule has 0 aliphatic rings. The van der Waals surface area contributed by atoms with Crippen LogP contribution in [0.4, 0.5) is 0 Å². The fourth-order valence-electron chi connectivity index (χ4n) is 2.05. The van der Waals surface area contributed by atoms with Crippen molar-refractivity contribution in [2.45, 2.75) is 0 Å². The molecule has 7 heteroatoms. The second-order valence-electron chi connectivity index (χ2n) is 3.98. The first-order valence-electron chi connectivity index (χ1n) is 5.07. The number of H-pyrrole nitrogens is 1. The number of nitrogens with one attached hydrogen (secondary N) is 1. The van der Waals surface area contributed by atoms with Crippen LogP contribution in [0, 0.1) is 0 Å². The van der Waals surface area contributed by atoms with Crippen molar-refractivity contribution in [3.05, 3.63) is 37.2 Å². The quantitative estimate of drug-likeness (QED) is 0.457. The molecule has 0 radical (unpaired) electrons. The molecule has 0 saturated heterocycles. The Kier molecular flexibility index (Phi) is 3.19. The van der Waals surface area contributed by atoms with Crippen molar-refractivity contribution in [2.75, 3.05) is 0 Å². The lowest BCUT2D eigenvalue weighted by Crippen LogP contribution is -1.78. The topological polar surface area (TPSA) is 36.0 Å². The van der Waals surface area contributed by atoms with Gasteiger partial charge in [-0.25, -0.2) is 0 Å². The highest BCUT2D eigenvalue weighted by Gasteiger charge is 2.20. The first-order valence-corrected chi connectivity index (χ1v) is 6.96. The van der Waals surface area contributed by atoms with Gasteiger partial charge in [-0.15, -0.1) is 0 Å². The van der Waals surface area contributed by atoms with Crippen LogP contribution in [0.25, 0.3) is 21.8 Å². The van der Waals surface area contributed by atoms with Crippen molar-refractivity contribution in [3.8, 4) is 5.75 Å². The van der Waals surface area contributed by atoms with Crippen molar-refractivity contribution in [1.82, 2.24) is 4.98 Å². The minimum absolute atomic E-state index is 0.00654. The van der Waals surface area contributed by atoms with Gasteiger partial charge in [0.2, 0.25) is 0 Å². The normalized spacial score (nSPS) is 11.6. The molecule has 0 spiro atoms. The van der Waals surface area contributed by atoms with Gasteiger partial charge in [0.15, 0.2) is 5.75 Å². The molecular formula is C12H4Cl5NO. The molecule has 0 aliphatic carbocycles. The Labute approximate surface area is 132 Å². The highest BCUT2D eigenvalue weighted by molar-refractivity contribution is 6.53.